The van der Waals surface area contributed by atoms with E-state index in [2.05, 4.69) is 34.2 Å². The van der Waals surface area contributed by atoms with Gasteiger partial charge in [-0.1, -0.05) is 0 Å². The van der Waals surface area contributed by atoms with Crippen LogP contribution in [0.2, 0.25) is 0 Å². The van der Waals surface area contributed by atoms with E-state index in [1.807, 2.05) is 24.1 Å². The fourth-order valence-electron chi connectivity index (χ4n) is 1.59. The number of rotatable bonds is 4. The summed E-state index contributed by atoms with van der Waals surface area (Å²) in [4.78, 5) is 7.32. The van der Waals surface area contributed by atoms with E-state index in [0.29, 0.717) is 0 Å². The first-order chi connectivity index (χ1) is 7.68. The summed E-state index contributed by atoms with van der Waals surface area (Å²) < 4.78 is 1.88. The van der Waals surface area contributed by atoms with Gasteiger partial charge >= 0.3 is 0 Å². The highest BCUT2D eigenvalue weighted by atomic mass is 15.3. The molecule has 0 amide bonds. The molecule has 86 valence electrons. The molecule has 0 aliphatic carbocycles. The summed E-state index contributed by atoms with van der Waals surface area (Å²) in [6.45, 7) is 4.97. The third-order valence-corrected chi connectivity index (χ3v) is 2.87. The molecule has 2 N–H and O–H groups in total. The van der Waals surface area contributed by atoms with Crippen molar-refractivity contribution in [2.45, 2.75) is 26.4 Å². The van der Waals surface area contributed by atoms with Crippen LogP contribution in [0.1, 0.15) is 30.0 Å². The summed E-state index contributed by atoms with van der Waals surface area (Å²) in [6, 6.07) is 0.217. The Morgan fingerprint density at radius 2 is 2.38 bits per heavy atom. The van der Waals surface area contributed by atoms with Crippen molar-refractivity contribution in [3.8, 4) is 0 Å². The van der Waals surface area contributed by atoms with E-state index in [1.54, 1.807) is 6.20 Å². The average molecular weight is 219 g/mol. The Hall–Kier alpha value is -1.62. The van der Waals surface area contributed by atoms with Crippen LogP contribution in [0.4, 0.5) is 0 Å². The zero-order chi connectivity index (χ0) is 11.5. The molecule has 0 spiro atoms. The van der Waals surface area contributed by atoms with E-state index >= 15 is 0 Å². The molecule has 2 aromatic rings. The van der Waals surface area contributed by atoms with Gasteiger partial charge < -0.3 is 10.3 Å². The van der Waals surface area contributed by atoms with Crippen LogP contribution < -0.4 is 5.32 Å². The Bertz CT molecular complexity index is 443. The standard InChI is InChI=1S/C11H17N5/c1-8(11-12-4-5-13-11)14-6-10-7-15-16(3)9(10)2/h4-5,7-8,14H,6H2,1-3H3,(H,12,13). The summed E-state index contributed by atoms with van der Waals surface area (Å²) in [5, 5.41) is 7.62. The van der Waals surface area contributed by atoms with Gasteiger partial charge in [-0.15, -0.1) is 0 Å². The van der Waals surface area contributed by atoms with Crippen LogP contribution in [-0.4, -0.2) is 19.7 Å². The first-order valence-corrected chi connectivity index (χ1v) is 5.38. The highest BCUT2D eigenvalue weighted by Crippen LogP contribution is 2.09. The van der Waals surface area contributed by atoms with Gasteiger partial charge in [0.05, 0.1) is 12.2 Å². The number of H-pyrrole nitrogens is 1. The average Bonchev–Trinajstić information content (AvgIpc) is 2.89. The second-order valence-corrected chi connectivity index (χ2v) is 3.96. The lowest BCUT2D eigenvalue weighted by Crippen LogP contribution is -2.19. The van der Waals surface area contributed by atoms with E-state index in [0.717, 1.165) is 12.4 Å². The summed E-state index contributed by atoms with van der Waals surface area (Å²) in [6.07, 6.45) is 5.50. The lowest BCUT2D eigenvalue weighted by Gasteiger charge is -2.10. The maximum absolute atomic E-state index is 4.22. The smallest absolute Gasteiger partial charge is 0.122 e. The SMILES string of the molecule is Cc1c(CNC(C)c2ncc[nH]2)cnn1C. The largest absolute Gasteiger partial charge is 0.347 e. The molecule has 0 aromatic carbocycles. The number of nitrogens with one attached hydrogen (secondary N) is 2. The third-order valence-electron chi connectivity index (χ3n) is 2.87. The van der Waals surface area contributed by atoms with Crippen molar-refractivity contribution >= 4 is 0 Å². The molecule has 0 aliphatic rings. The molecule has 2 rings (SSSR count). The second-order valence-electron chi connectivity index (χ2n) is 3.96. The number of hydrogen-bond donors (Lipinski definition) is 2. The van der Waals surface area contributed by atoms with Gasteiger partial charge in [-0.2, -0.15) is 5.10 Å². The van der Waals surface area contributed by atoms with Gasteiger partial charge in [0.2, 0.25) is 0 Å². The van der Waals surface area contributed by atoms with Gasteiger partial charge in [0, 0.05) is 37.2 Å². The van der Waals surface area contributed by atoms with Crippen molar-refractivity contribution in [1.82, 2.24) is 25.1 Å². The normalized spacial score (nSPS) is 12.9. The maximum atomic E-state index is 4.22. The van der Waals surface area contributed by atoms with Crippen molar-refractivity contribution < 1.29 is 0 Å². The van der Waals surface area contributed by atoms with Crippen molar-refractivity contribution in [2.75, 3.05) is 0 Å². The Morgan fingerprint density at radius 1 is 1.56 bits per heavy atom. The second kappa shape index (κ2) is 4.49. The quantitative estimate of drug-likeness (QED) is 0.815. The van der Waals surface area contributed by atoms with Gasteiger partial charge in [-0.05, 0) is 13.8 Å². The van der Waals surface area contributed by atoms with Gasteiger partial charge in [0.1, 0.15) is 5.82 Å². The minimum Gasteiger partial charge on any atom is -0.347 e. The Labute approximate surface area is 94.9 Å². The zero-order valence-corrected chi connectivity index (χ0v) is 9.86. The molecule has 0 radical (unpaired) electrons. The van der Waals surface area contributed by atoms with Crippen LogP contribution in [0, 0.1) is 6.92 Å². The fourth-order valence-corrected chi connectivity index (χ4v) is 1.59. The molecule has 0 aliphatic heterocycles. The number of aromatic nitrogens is 4. The molecule has 5 heteroatoms. The van der Waals surface area contributed by atoms with Gasteiger partial charge in [-0.25, -0.2) is 4.98 Å². The number of nitrogens with zero attached hydrogens (tertiary/aromatic N) is 3. The van der Waals surface area contributed by atoms with Gasteiger partial charge in [0.15, 0.2) is 0 Å². The van der Waals surface area contributed by atoms with E-state index < -0.39 is 0 Å². The summed E-state index contributed by atoms with van der Waals surface area (Å²) in [5.74, 6) is 0.960. The monoisotopic (exact) mass is 219 g/mol. The lowest BCUT2D eigenvalue weighted by atomic mass is 10.2. The minimum atomic E-state index is 0.217. The van der Waals surface area contributed by atoms with Crippen LogP contribution in [0.15, 0.2) is 18.6 Å². The summed E-state index contributed by atoms with van der Waals surface area (Å²) >= 11 is 0. The molecule has 0 bridgehead atoms. The molecule has 2 heterocycles. The van der Waals surface area contributed by atoms with Crippen LogP contribution >= 0.6 is 0 Å². The van der Waals surface area contributed by atoms with Crippen LogP contribution in [0.5, 0.6) is 0 Å². The topological polar surface area (TPSA) is 58.5 Å². The van der Waals surface area contributed by atoms with Crippen LogP contribution in [0.25, 0.3) is 0 Å². The molecule has 0 fully saturated rings. The molecule has 1 atom stereocenters. The maximum Gasteiger partial charge on any atom is 0.122 e. The number of aryl methyl sites for hydroxylation is 1. The number of hydrogen-bond acceptors (Lipinski definition) is 3. The molecular weight excluding hydrogens is 202 g/mol. The molecular formula is C11H17N5. The Balaban J connectivity index is 1.95. The molecule has 1 unspecified atom stereocenters. The first kappa shape index (κ1) is 10.9. The van der Waals surface area contributed by atoms with Gasteiger partial charge in [0.25, 0.3) is 0 Å². The van der Waals surface area contributed by atoms with E-state index in [9.17, 15) is 0 Å². The third kappa shape index (κ3) is 2.14. The highest BCUT2D eigenvalue weighted by Gasteiger charge is 2.09. The molecule has 5 nitrogen and oxygen atoms in total. The van der Waals surface area contributed by atoms with Crippen molar-refractivity contribution in [3.63, 3.8) is 0 Å². The van der Waals surface area contributed by atoms with Crippen molar-refractivity contribution in [2.24, 2.45) is 7.05 Å². The molecule has 0 saturated heterocycles. The molecule has 2 aromatic heterocycles. The Morgan fingerprint density at radius 3 is 2.94 bits per heavy atom. The molecule has 0 saturated carbocycles. The Kier molecular flexibility index (Phi) is 3.05. The molecule has 16 heavy (non-hydrogen) atoms. The van der Waals surface area contributed by atoms with Crippen molar-refractivity contribution in [1.29, 1.82) is 0 Å². The predicted octanol–water partition coefficient (Wildman–Crippen LogP) is 1.30. The van der Waals surface area contributed by atoms with Crippen LogP contribution in [-0.2, 0) is 13.6 Å². The van der Waals surface area contributed by atoms with Crippen molar-refractivity contribution in [3.05, 3.63) is 35.7 Å². The van der Waals surface area contributed by atoms with Crippen LogP contribution in [0.3, 0.4) is 0 Å². The lowest BCUT2D eigenvalue weighted by molar-refractivity contribution is 0.549. The summed E-state index contributed by atoms with van der Waals surface area (Å²) in [5.41, 5.74) is 2.42. The minimum absolute atomic E-state index is 0.217. The number of imidazole rings is 1. The van der Waals surface area contributed by atoms with Gasteiger partial charge in [-0.3, -0.25) is 4.68 Å². The van der Waals surface area contributed by atoms with E-state index in [4.69, 9.17) is 0 Å². The number of aromatic amines is 1. The zero-order valence-electron chi connectivity index (χ0n) is 9.86. The van der Waals surface area contributed by atoms with E-state index in [-0.39, 0.29) is 6.04 Å². The highest BCUT2D eigenvalue weighted by molar-refractivity contribution is 5.15. The predicted molar refractivity (Wildman–Crippen MR) is 61.8 cm³/mol. The fraction of sp³-hybridized carbons (Fsp3) is 0.455. The summed E-state index contributed by atoms with van der Waals surface area (Å²) in [7, 11) is 1.95. The first-order valence-electron chi connectivity index (χ1n) is 5.38. The van der Waals surface area contributed by atoms with E-state index in [1.165, 1.54) is 11.3 Å².